The van der Waals surface area contributed by atoms with Crippen molar-refractivity contribution in [1.82, 2.24) is 15.5 Å². The van der Waals surface area contributed by atoms with Gasteiger partial charge in [-0.05, 0) is 101 Å². The Hall–Kier alpha value is -4.33. The predicted molar refractivity (Wildman–Crippen MR) is 220 cm³/mol. The lowest BCUT2D eigenvalue weighted by Crippen LogP contribution is -2.58. The van der Waals surface area contributed by atoms with Gasteiger partial charge in [-0.25, -0.2) is 0 Å². The molecular weight excluding hydrogens is 688 g/mol. The number of methoxy groups -OCH3 is 3. The molecular formula is C42H55N4O4PS. The maximum absolute atomic E-state index is 13.9. The van der Waals surface area contributed by atoms with Crippen LogP contribution in [0.4, 0.5) is 0 Å². The number of carbonyl (C=O) groups is 1. The van der Waals surface area contributed by atoms with Crippen LogP contribution in [0.5, 0.6) is 17.2 Å². The molecule has 2 N–H and O–H groups in total. The summed E-state index contributed by atoms with van der Waals surface area (Å²) in [6, 6.07) is 33.9. The van der Waals surface area contributed by atoms with Crippen LogP contribution < -0.4 is 40.8 Å². The van der Waals surface area contributed by atoms with Crippen LogP contribution >= 0.6 is 19.3 Å². The topological polar surface area (TPSA) is 84.4 Å². The van der Waals surface area contributed by atoms with Crippen LogP contribution in [0.2, 0.25) is 0 Å². The van der Waals surface area contributed by atoms with Crippen molar-refractivity contribution in [2.45, 2.75) is 60.2 Å². The van der Waals surface area contributed by atoms with Gasteiger partial charge in [0.2, 0.25) is 5.91 Å². The standard InChI is InChI=1S/C42H55N4O4PS/c1-41(2,3)37(44-40(52)45-38(42(4,5)6)39(47)46(7)29-30-14-12-11-13-15-30)28-43-51(34-22-16-31(48-8)17-23-34,35-24-18-32(49-9)19-25-35)36-26-20-33(50-10)21-27-36/h11-27,37-38H,28-29H2,1-10H3,(H2,44,45,52)/t37-,38-/m1/s1. The van der Waals surface area contributed by atoms with Gasteiger partial charge in [-0.3, -0.25) is 9.54 Å². The first-order valence-electron chi connectivity index (χ1n) is 17.5. The first-order chi connectivity index (χ1) is 24.6. The number of hydrogen-bond acceptors (Lipinski definition) is 6. The summed E-state index contributed by atoms with van der Waals surface area (Å²) in [7, 11) is 4.22. The number of amides is 1. The molecule has 0 aliphatic carbocycles. The van der Waals surface area contributed by atoms with Gasteiger partial charge in [-0.15, -0.1) is 0 Å². The predicted octanol–water partition coefficient (Wildman–Crippen LogP) is 7.14. The number of rotatable bonds is 13. The van der Waals surface area contributed by atoms with Crippen molar-refractivity contribution < 1.29 is 19.0 Å². The second-order valence-corrected chi connectivity index (χ2v) is 18.6. The lowest BCUT2D eigenvalue weighted by atomic mass is 9.85. The minimum absolute atomic E-state index is 0.0269. The number of thiocarbonyl (C=S) groups is 1. The molecule has 0 radical (unpaired) electrons. The fraction of sp³-hybridized carbons (Fsp3) is 0.381. The van der Waals surface area contributed by atoms with E-state index in [1.165, 1.54) is 0 Å². The van der Waals surface area contributed by atoms with Crippen LogP contribution in [0.25, 0.3) is 0 Å². The third-order valence-electron chi connectivity index (χ3n) is 9.19. The van der Waals surface area contributed by atoms with Crippen molar-refractivity contribution in [2.75, 3.05) is 34.9 Å². The molecule has 0 unspecified atom stereocenters. The number of carbonyl (C=O) groups excluding carboxylic acids is 1. The Morgan fingerprint density at radius 1 is 0.692 bits per heavy atom. The minimum Gasteiger partial charge on any atom is -0.497 e. The molecule has 4 aromatic carbocycles. The molecule has 0 aliphatic heterocycles. The van der Waals surface area contributed by atoms with E-state index < -0.39 is 18.5 Å². The Labute approximate surface area is 316 Å². The van der Waals surface area contributed by atoms with Crippen LogP contribution in [0.1, 0.15) is 47.1 Å². The molecule has 0 spiro atoms. The maximum atomic E-state index is 13.9. The summed E-state index contributed by atoms with van der Waals surface area (Å²) < 4.78 is 22.4. The van der Waals surface area contributed by atoms with Gasteiger partial charge >= 0.3 is 0 Å². The summed E-state index contributed by atoms with van der Waals surface area (Å²) in [6.07, 6.45) is 0. The van der Waals surface area contributed by atoms with Gasteiger partial charge in [-0.2, -0.15) is 0 Å². The lowest BCUT2D eigenvalue weighted by Gasteiger charge is -2.37. The summed E-state index contributed by atoms with van der Waals surface area (Å²) in [4.78, 5) is 15.7. The highest BCUT2D eigenvalue weighted by molar-refractivity contribution is 7.87. The molecule has 0 aliphatic rings. The van der Waals surface area contributed by atoms with E-state index in [1.807, 2.05) is 73.8 Å². The highest BCUT2D eigenvalue weighted by atomic mass is 32.1. The molecule has 52 heavy (non-hydrogen) atoms. The monoisotopic (exact) mass is 742 g/mol. The van der Waals surface area contributed by atoms with Gasteiger partial charge in [0.05, 0.1) is 41.0 Å². The van der Waals surface area contributed by atoms with Crippen molar-refractivity contribution >= 4 is 46.2 Å². The van der Waals surface area contributed by atoms with E-state index in [2.05, 4.69) is 88.6 Å². The fourth-order valence-electron chi connectivity index (χ4n) is 5.96. The largest absolute Gasteiger partial charge is 0.497 e. The summed E-state index contributed by atoms with van der Waals surface area (Å²) >= 11 is 5.98. The first kappa shape index (κ1) is 40.4. The number of hydrogen-bond donors (Lipinski definition) is 2. The van der Waals surface area contributed by atoms with Crippen LogP contribution in [0, 0.1) is 10.8 Å². The van der Waals surface area contributed by atoms with Crippen molar-refractivity contribution in [2.24, 2.45) is 15.6 Å². The summed E-state index contributed by atoms with van der Waals surface area (Å²) in [5.74, 6) is 2.29. The van der Waals surface area contributed by atoms with Gasteiger partial charge in [0, 0.05) is 29.5 Å². The average molecular weight is 743 g/mol. The van der Waals surface area contributed by atoms with E-state index in [1.54, 1.807) is 26.2 Å². The third kappa shape index (κ3) is 9.96. The molecule has 0 fully saturated rings. The van der Waals surface area contributed by atoms with Crippen molar-refractivity contribution in [3.8, 4) is 17.2 Å². The van der Waals surface area contributed by atoms with Crippen LogP contribution in [0.15, 0.2) is 108 Å². The lowest BCUT2D eigenvalue weighted by molar-refractivity contribution is -0.134. The highest BCUT2D eigenvalue weighted by Crippen LogP contribution is 2.47. The highest BCUT2D eigenvalue weighted by Gasteiger charge is 2.36. The molecule has 10 heteroatoms. The maximum Gasteiger partial charge on any atom is 0.245 e. The third-order valence-corrected chi connectivity index (χ3v) is 13.2. The molecule has 1 amide bonds. The number of ether oxygens (including phenoxy) is 3. The Bertz CT molecular complexity index is 1700. The molecule has 0 heterocycles. The van der Waals surface area contributed by atoms with Gasteiger partial charge in [-0.1, -0.05) is 71.9 Å². The number of nitrogens with one attached hydrogen (secondary N) is 2. The van der Waals surface area contributed by atoms with Gasteiger partial charge < -0.3 is 29.7 Å². The zero-order chi connectivity index (χ0) is 38.1. The Kier molecular flexibility index (Phi) is 13.6. The van der Waals surface area contributed by atoms with Gasteiger partial charge in [0.15, 0.2) is 5.11 Å². The second-order valence-electron chi connectivity index (χ2n) is 15.1. The normalized spacial score (nSPS) is 13.0. The number of nitrogens with zero attached hydrogens (tertiary/aromatic N) is 2. The van der Waals surface area contributed by atoms with Crippen LogP contribution in [-0.4, -0.2) is 62.9 Å². The number of benzene rings is 4. The SMILES string of the molecule is COc1ccc(P(=NC[C@@H](NC(=S)N[C@H](C(=O)N(C)Cc2ccccc2)C(C)(C)C)C(C)(C)C)(c2ccc(OC)cc2)c2ccc(OC)cc2)cc1. The van der Waals surface area contributed by atoms with Crippen LogP contribution in [0.3, 0.4) is 0 Å². The zero-order valence-electron chi connectivity index (χ0n) is 32.3. The van der Waals surface area contributed by atoms with E-state index in [0.717, 1.165) is 38.7 Å². The molecule has 0 saturated carbocycles. The van der Waals surface area contributed by atoms with E-state index in [0.29, 0.717) is 18.2 Å². The Morgan fingerprint density at radius 3 is 1.48 bits per heavy atom. The van der Waals surface area contributed by atoms with Crippen LogP contribution in [-0.2, 0) is 11.3 Å². The smallest absolute Gasteiger partial charge is 0.245 e. The second kappa shape index (κ2) is 17.5. The van der Waals surface area contributed by atoms with Gasteiger partial charge in [0.25, 0.3) is 0 Å². The quantitative estimate of drug-likeness (QED) is 0.111. The summed E-state index contributed by atoms with van der Waals surface area (Å²) in [5, 5.41) is 10.7. The molecule has 8 nitrogen and oxygen atoms in total. The minimum atomic E-state index is -2.63. The molecule has 4 rings (SSSR count). The first-order valence-corrected chi connectivity index (χ1v) is 19.6. The van der Waals surface area contributed by atoms with Crippen molar-refractivity contribution in [3.05, 3.63) is 109 Å². The molecule has 0 aromatic heterocycles. The van der Waals surface area contributed by atoms with E-state index in [4.69, 9.17) is 31.2 Å². The van der Waals surface area contributed by atoms with E-state index in [-0.39, 0.29) is 17.4 Å². The van der Waals surface area contributed by atoms with Crippen molar-refractivity contribution in [3.63, 3.8) is 0 Å². The van der Waals surface area contributed by atoms with Crippen molar-refractivity contribution in [1.29, 1.82) is 0 Å². The Morgan fingerprint density at radius 2 is 1.12 bits per heavy atom. The molecule has 0 saturated heterocycles. The van der Waals surface area contributed by atoms with Gasteiger partial charge in [0.1, 0.15) is 23.3 Å². The number of likely N-dealkylation sites (N-methyl/N-ethyl adjacent to an activating group) is 1. The van der Waals surface area contributed by atoms with E-state index >= 15 is 0 Å². The Balaban J connectivity index is 1.76. The molecule has 0 bridgehead atoms. The molecule has 278 valence electrons. The molecule has 4 aromatic rings. The van der Waals surface area contributed by atoms with E-state index in [9.17, 15) is 4.79 Å². The average Bonchev–Trinajstić information content (AvgIpc) is 3.13. The summed E-state index contributed by atoms with van der Waals surface area (Å²) in [6.45, 7) is 13.6. The zero-order valence-corrected chi connectivity index (χ0v) is 34.0. The fourth-order valence-corrected chi connectivity index (χ4v) is 9.76. The molecule has 2 atom stereocenters. The summed E-state index contributed by atoms with van der Waals surface area (Å²) in [5.41, 5.74) is 0.405.